The number of benzene rings is 2. The van der Waals surface area contributed by atoms with Gasteiger partial charge in [0.1, 0.15) is 24.2 Å². The van der Waals surface area contributed by atoms with Crippen LogP contribution in [-0.2, 0) is 11.4 Å². The smallest absolute Gasteiger partial charge is 0.248 e. The number of carbonyl (C=O) groups excluding carboxylic acids is 1. The molecule has 0 bridgehead atoms. The molecule has 7 nitrogen and oxygen atoms in total. The second-order valence-electron chi connectivity index (χ2n) is 8.87. The van der Waals surface area contributed by atoms with E-state index in [2.05, 4.69) is 34.7 Å². The lowest BCUT2D eigenvalue weighted by Crippen LogP contribution is -2.36. The Morgan fingerprint density at radius 3 is 2.75 bits per heavy atom. The average molecular weight is 454 g/mol. The van der Waals surface area contributed by atoms with Gasteiger partial charge in [-0.25, -0.2) is 4.39 Å². The number of allylic oxidation sites excluding steroid dienone is 2. The molecule has 1 aliphatic carbocycles. The molecule has 2 aliphatic rings. The fourth-order valence-corrected chi connectivity index (χ4v) is 4.57. The van der Waals surface area contributed by atoms with Gasteiger partial charge < -0.3 is 10.1 Å². The predicted molar refractivity (Wildman–Crippen MR) is 117 cm³/mol. The Morgan fingerprint density at radius 2 is 2.00 bits per heavy atom. The Labute approximate surface area is 189 Å². The average Bonchev–Trinajstić information content (AvgIpc) is 3.19. The van der Waals surface area contributed by atoms with Gasteiger partial charge in [0.15, 0.2) is 5.78 Å². The van der Waals surface area contributed by atoms with E-state index in [1.807, 2.05) is 12.1 Å². The summed E-state index contributed by atoms with van der Waals surface area (Å²) in [4.78, 5) is 13.1. The zero-order valence-electron chi connectivity index (χ0n) is 17.6. The van der Waals surface area contributed by atoms with Crippen LogP contribution in [0.2, 0.25) is 5.02 Å². The van der Waals surface area contributed by atoms with Crippen molar-refractivity contribution in [1.29, 1.82) is 0 Å². The molecule has 1 aromatic heterocycles. The van der Waals surface area contributed by atoms with Crippen molar-refractivity contribution in [1.82, 2.24) is 20.2 Å². The number of carbonyl (C=O) groups is 1. The molecule has 1 N–H and O–H groups in total. The predicted octanol–water partition coefficient (Wildman–Crippen LogP) is 4.70. The summed E-state index contributed by atoms with van der Waals surface area (Å²) in [5.74, 6) is 0.746. The summed E-state index contributed by atoms with van der Waals surface area (Å²) in [6, 6.07) is 11.4. The number of ether oxygens (including phenoxy) is 1. The van der Waals surface area contributed by atoms with E-state index in [-0.39, 0.29) is 17.8 Å². The van der Waals surface area contributed by atoms with Gasteiger partial charge in [0.05, 0.1) is 5.02 Å². The second kappa shape index (κ2) is 7.70. The van der Waals surface area contributed by atoms with Gasteiger partial charge in [-0.1, -0.05) is 48.7 Å². The van der Waals surface area contributed by atoms with Crippen LogP contribution < -0.4 is 10.1 Å². The Kier molecular flexibility index (Phi) is 4.97. The first-order valence-corrected chi connectivity index (χ1v) is 10.7. The number of nitrogens with one attached hydrogen (secondary N) is 1. The molecule has 32 heavy (non-hydrogen) atoms. The van der Waals surface area contributed by atoms with E-state index in [1.165, 1.54) is 6.07 Å². The summed E-state index contributed by atoms with van der Waals surface area (Å²) in [5.41, 5.74) is 2.59. The van der Waals surface area contributed by atoms with E-state index in [0.717, 1.165) is 17.7 Å². The lowest BCUT2D eigenvalue weighted by atomic mass is 9.73. The van der Waals surface area contributed by atoms with Gasteiger partial charge in [-0.15, -0.1) is 0 Å². The molecule has 2 aromatic carbocycles. The van der Waals surface area contributed by atoms with Crippen molar-refractivity contribution in [3.8, 4) is 5.75 Å². The number of halogens is 2. The summed E-state index contributed by atoms with van der Waals surface area (Å²) in [6.45, 7) is 4.17. The Balaban J connectivity index is 1.44. The van der Waals surface area contributed by atoms with Crippen molar-refractivity contribution in [2.24, 2.45) is 5.41 Å². The third-order valence-corrected chi connectivity index (χ3v) is 6.19. The van der Waals surface area contributed by atoms with Crippen LogP contribution in [0.25, 0.3) is 0 Å². The van der Waals surface area contributed by atoms with Crippen molar-refractivity contribution in [3.05, 3.63) is 75.7 Å². The van der Waals surface area contributed by atoms with Crippen LogP contribution in [-0.4, -0.2) is 26.0 Å². The fourth-order valence-electron chi connectivity index (χ4n) is 4.35. The van der Waals surface area contributed by atoms with Crippen molar-refractivity contribution < 1.29 is 13.9 Å². The molecule has 0 fully saturated rings. The highest BCUT2D eigenvalue weighted by Crippen LogP contribution is 2.45. The van der Waals surface area contributed by atoms with Gasteiger partial charge >= 0.3 is 0 Å². The van der Waals surface area contributed by atoms with E-state index in [4.69, 9.17) is 16.3 Å². The molecule has 0 radical (unpaired) electrons. The molecule has 164 valence electrons. The fraction of sp³-hybridized carbons (Fsp3) is 0.304. The minimum atomic E-state index is -0.421. The van der Waals surface area contributed by atoms with Gasteiger partial charge in [-0.3, -0.25) is 4.79 Å². The number of rotatable bonds is 4. The number of tetrazole rings is 1. The molecule has 9 heteroatoms. The number of anilines is 1. The molecule has 5 rings (SSSR count). The molecule has 0 amide bonds. The normalized spacial score (nSPS) is 19.2. The molecular weight excluding hydrogens is 433 g/mol. The molecule has 3 aromatic rings. The third-order valence-electron chi connectivity index (χ3n) is 5.83. The molecular formula is C23H21ClFN5O2. The number of hydrogen-bond donors (Lipinski definition) is 1. The Hall–Kier alpha value is -3.26. The minimum Gasteiger partial charge on any atom is -0.489 e. The number of Topliss-reactive ketones (excluding diaryl/α,β-unsaturated/α-hetero) is 1. The number of ketones is 1. The number of nitrogens with zero attached hydrogens (tertiary/aromatic N) is 4. The lowest BCUT2D eigenvalue weighted by Gasteiger charge is -2.37. The van der Waals surface area contributed by atoms with Crippen molar-refractivity contribution >= 4 is 23.3 Å². The highest BCUT2D eigenvalue weighted by molar-refractivity contribution is 6.31. The Morgan fingerprint density at radius 1 is 1.22 bits per heavy atom. The zero-order chi connectivity index (χ0) is 22.5. The second-order valence-corrected chi connectivity index (χ2v) is 9.27. The van der Waals surface area contributed by atoms with E-state index in [1.54, 1.807) is 28.9 Å². The van der Waals surface area contributed by atoms with Crippen LogP contribution in [0, 0.1) is 11.2 Å². The SMILES string of the molecule is CC1(C)CC(=O)C2=C(C1)Nc1nnnn1C2c1ccc(OCc2c(F)cccc2Cl)cc1. The first kappa shape index (κ1) is 20.6. The number of fused-ring (bicyclic) bond motifs is 1. The molecule has 1 aliphatic heterocycles. The topological polar surface area (TPSA) is 81.9 Å². The van der Waals surface area contributed by atoms with Crippen LogP contribution >= 0.6 is 11.6 Å². The molecule has 2 heterocycles. The van der Waals surface area contributed by atoms with Crippen molar-refractivity contribution in [2.75, 3.05) is 5.32 Å². The van der Waals surface area contributed by atoms with E-state index in [0.29, 0.717) is 34.3 Å². The third kappa shape index (κ3) is 3.64. The molecule has 1 unspecified atom stereocenters. The highest BCUT2D eigenvalue weighted by Gasteiger charge is 2.41. The minimum absolute atomic E-state index is 0.0121. The summed E-state index contributed by atoms with van der Waals surface area (Å²) in [5, 5.41) is 15.5. The quantitative estimate of drug-likeness (QED) is 0.616. The largest absolute Gasteiger partial charge is 0.489 e. The maximum atomic E-state index is 14.0. The number of aromatic nitrogens is 4. The van der Waals surface area contributed by atoms with Gasteiger partial charge in [0.2, 0.25) is 5.95 Å². The summed E-state index contributed by atoms with van der Waals surface area (Å²) >= 11 is 6.07. The molecule has 0 spiro atoms. The summed E-state index contributed by atoms with van der Waals surface area (Å²) in [7, 11) is 0. The van der Waals surface area contributed by atoms with Crippen molar-refractivity contribution in [3.63, 3.8) is 0 Å². The molecule has 1 atom stereocenters. The van der Waals surface area contributed by atoms with Crippen LogP contribution in [0.3, 0.4) is 0 Å². The monoisotopic (exact) mass is 453 g/mol. The van der Waals surface area contributed by atoms with Gasteiger partial charge in [0, 0.05) is 23.3 Å². The van der Waals surface area contributed by atoms with Gasteiger partial charge in [0.25, 0.3) is 0 Å². The first-order valence-electron chi connectivity index (χ1n) is 10.3. The number of hydrogen-bond acceptors (Lipinski definition) is 6. The zero-order valence-corrected chi connectivity index (χ0v) is 18.4. The highest BCUT2D eigenvalue weighted by atomic mass is 35.5. The first-order chi connectivity index (χ1) is 15.3. The molecule has 0 saturated carbocycles. The van der Waals surface area contributed by atoms with Crippen LogP contribution in [0.5, 0.6) is 5.75 Å². The van der Waals surface area contributed by atoms with E-state index < -0.39 is 11.9 Å². The van der Waals surface area contributed by atoms with E-state index >= 15 is 0 Å². The van der Waals surface area contributed by atoms with Crippen molar-refractivity contribution in [2.45, 2.75) is 39.3 Å². The maximum absolute atomic E-state index is 14.0. The standard InChI is InChI=1S/C23H21ClFN5O2/c1-23(2)10-18-20(19(31)11-23)21(30-22(26-18)27-28-29-30)13-6-8-14(9-7-13)32-12-15-16(24)4-3-5-17(15)25/h3-9,21H,10-12H2,1-2H3,(H,26,27,29). The Bertz CT molecular complexity index is 1220. The van der Waals surface area contributed by atoms with Crippen LogP contribution in [0.4, 0.5) is 10.3 Å². The summed E-state index contributed by atoms with van der Waals surface area (Å²) < 4.78 is 21.4. The lowest BCUT2D eigenvalue weighted by molar-refractivity contribution is -0.118. The van der Waals surface area contributed by atoms with Gasteiger partial charge in [-0.2, -0.15) is 4.68 Å². The molecule has 0 saturated heterocycles. The summed E-state index contributed by atoms with van der Waals surface area (Å²) in [6.07, 6.45) is 1.20. The maximum Gasteiger partial charge on any atom is 0.248 e. The van der Waals surface area contributed by atoms with E-state index in [9.17, 15) is 9.18 Å². The van der Waals surface area contributed by atoms with Gasteiger partial charge in [-0.05, 0) is 52.1 Å². The van der Waals surface area contributed by atoms with Crippen LogP contribution in [0.1, 0.15) is 43.9 Å². The van der Waals surface area contributed by atoms with Crippen LogP contribution in [0.15, 0.2) is 53.7 Å².